The van der Waals surface area contributed by atoms with Crippen molar-refractivity contribution < 1.29 is 8.78 Å². The number of benzene rings is 1. The number of H-pyrrole nitrogens is 1. The van der Waals surface area contributed by atoms with E-state index in [1.54, 1.807) is 6.07 Å². The molecule has 0 radical (unpaired) electrons. The molecule has 2 fully saturated rings. The molecule has 0 spiro atoms. The van der Waals surface area contributed by atoms with E-state index in [1.807, 2.05) is 11.9 Å². The van der Waals surface area contributed by atoms with Crippen LogP contribution in [0.3, 0.4) is 0 Å². The van der Waals surface area contributed by atoms with Gasteiger partial charge in [-0.05, 0) is 45.0 Å². The Morgan fingerprint density at radius 3 is 2.86 bits per heavy atom. The molecule has 1 aromatic carbocycles. The minimum atomic E-state index is -0.893. The summed E-state index contributed by atoms with van der Waals surface area (Å²) in [6.07, 6.45) is 4.38. The average molecular weight is 409 g/mol. The van der Waals surface area contributed by atoms with Crippen molar-refractivity contribution in [3.8, 4) is 0 Å². The van der Waals surface area contributed by atoms with E-state index in [0.717, 1.165) is 25.8 Å². The molecule has 1 saturated carbocycles. The molecule has 1 aliphatic carbocycles. The van der Waals surface area contributed by atoms with Crippen LogP contribution < -0.4 is 10.9 Å². The third-order valence-electron chi connectivity index (χ3n) is 5.65. The van der Waals surface area contributed by atoms with Gasteiger partial charge in [0, 0.05) is 23.5 Å². The predicted octanol–water partition coefficient (Wildman–Crippen LogP) is 3.69. The lowest BCUT2D eigenvalue weighted by Gasteiger charge is -2.31. The Balaban J connectivity index is 1.53. The quantitative estimate of drug-likeness (QED) is 0.790. The molecule has 2 aromatic rings. The van der Waals surface area contributed by atoms with Gasteiger partial charge in [0.05, 0.1) is 11.3 Å². The van der Waals surface area contributed by atoms with E-state index >= 15 is 0 Å². The van der Waals surface area contributed by atoms with Crippen molar-refractivity contribution in [2.75, 3.05) is 25.5 Å². The Morgan fingerprint density at radius 2 is 2.11 bits per heavy atom. The summed E-state index contributed by atoms with van der Waals surface area (Å²) in [5.74, 6) is 0.304. The number of nitrogens with zero attached hydrogens (tertiary/aromatic N) is 2. The summed E-state index contributed by atoms with van der Waals surface area (Å²) >= 11 is 1.47. The fraction of sp³-hybridized carbons (Fsp3) is 0.600. The number of piperidine rings is 1. The van der Waals surface area contributed by atoms with Gasteiger partial charge >= 0.3 is 0 Å². The lowest BCUT2D eigenvalue weighted by atomic mass is 10.1. The molecule has 2 N–H and O–H groups in total. The number of halogens is 2. The fourth-order valence-electron chi connectivity index (χ4n) is 4.14. The van der Waals surface area contributed by atoms with Crippen LogP contribution in [-0.2, 0) is 5.75 Å². The monoisotopic (exact) mass is 408 g/mol. The smallest absolute Gasteiger partial charge is 0.261 e. The standard InChI is InChI=1S/C20H26F2N4OS/c1-26-7-6-17(15(22)10-26)28-11-18-24-16-9-13(23-12-4-2-3-5-12)8-14(21)19(16)20(27)25-18/h8-9,12,15,17,23H,2-7,10-11H2,1H3,(H,24,25,27)/t15-,17-/m1/s1. The number of hydrogen-bond donors (Lipinski definition) is 2. The molecule has 5 nitrogen and oxygen atoms in total. The number of aromatic nitrogens is 2. The third kappa shape index (κ3) is 4.33. The second kappa shape index (κ2) is 8.37. The van der Waals surface area contributed by atoms with Crippen LogP contribution in [0.25, 0.3) is 10.9 Å². The Labute approximate surface area is 167 Å². The number of hydrogen-bond acceptors (Lipinski definition) is 5. The van der Waals surface area contributed by atoms with Gasteiger partial charge in [0.2, 0.25) is 0 Å². The number of likely N-dealkylation sites (tertiary alicyclic amines) is 1. The normalized spacial score (nSPS) is 24.1. The SMILES string of the molecule is CN1CC[C@@H](SCc2nc3cc(NC4CCCC4)cc(F)c3c(=O)[nH]2)[C@H](F)C1. The van der Waals surface area contributed by atoms with Gasteiger partial charge in [0.1, 0.15) is 23.2 Å². The molecule has 2 heterocycles. The Bertz CT molecular complexity index is 900. The van der Waals surface area contributed by atoms with Crippen LogP contribution in [0, 0.1) is 5.82 Å². The molecular weight excluding hydrogens is 382 g/mol. The van der Waals surface area contributed by atoms with Gasteiger partial charge in [-0.15, -0.1) is 11.8 Å². The van der Waals surface area contributed by atoms with Gasteiger partial charge < -0.3 is 15.2 Å². The predicted molar refractivity (Wildman–Crippen MR) is 110 cm³/mol. The Morgan fingerprint density at radius 1 is 1.32 bits per heavy atom. The fourth-order valence-corrected chi connectivity index (χ4v) is 5.21. The number of rotatable bonds is 5. The summed E-state index contributed by atoms with van der Waals surface area (Å²) in [6.45, 7) is 1.29. The molecule has 1 aromatic heterocycles. The van der Waals surface area contributed by atoms with Crippen LogP contribution >= 0.6 is 11.8 Å². The minimum absolute atomic E-state index is 0.0200. The zero-order chi connectivity index (χ0) is 19.7. The molecule has 8 heteroatoms. The first kappa shape index (κ1) is 19.6. The highest BCUT2D eigenvalue weighted by atomic mass is 32.2. The van der Waals surface area contributed by atoms with Crippen molar-refractivity contribution in [3.63, 3.8) is 0 Å². The van der Waals surface area contributed by atoms with Gasteiger partial charge in [0.25, 0.3) is 5.56 Å². The Kier molecular flexibility index (Phi) is 5.87. The van der Waals surface area contributed by atoms with E-state index < -0.39 is 17.5 Å². The lowest BCUT2D eigenvalue weighted by Crippen LogP contribution is -2.41. The summed E-state index contributed by atoms with van der Waals surface area (Å²) in [6, 6.07) is 3.46. The first-order chi connectivity index (χ1) is 13.5. The van der Waals surface area contributed by atoms with Gasteiger partial charge in [-0.1, -0.05) is 12.8 Å². The van der Waals surface area contributed by atoms with Crippen LogP contribution in [0.2, 0.25) is 0 Å². The number of anilines is 1. The molecule has 2 aliphatic rings. The van der Waals surface area contributed by atoms with E-state index in [2.05, 4.69) is 15.3 Å². The van der Waals surface area contributed by atoms with E-state index in [1.165, 1.54) is 30.7 Å². The van der Waals surface area contributed by atoms with Crippen LogP contribution in [-0.4, -0.2) is 52.5 Å². The highest BCUT2D eigenvalue weighted by Crippen LogP contribution is 2.28. The molecule has 28 heavy (non-hydrogen) atoms. The number of alkyl halides is 1. The molecule has 0 bridgehead atoms. The molecule has 2 atom stereocenters. The molecule has 0 amide bonds. The minimum Gasteiger partial charge on any atom is -0.382 e. The van der Waals surface area contributed by atoms with Crippen LogP contribution in [0.1, 0.15) is 37.9 Å². The maximum atomic E-state index is 14.5. The summed E-state index contributed by atoms with van der Waals surface area (Å²) < 4.78 is 28.7. The number of aromatic amines is 1. The van der Waals surface area contributed by atoms with Crippen molar-refractivity contribution in [2.45, 2.75) is 55.3 Å². The van der Waals surface area contributed by atoms with Crippen molar-refractivity contribution in [1.82, 2.24) is 14.9 Å². The second-order valence-electron chi connectivity index (χ2n) is 7.91. The van der Waals surface area contributed by atoms with Crippen molar-refractivity contribution in [3.05, 3.63) is 34.1 Å². The maximum Gasteiger partial charge on any atom is 0.261 e. The molecule has 4 rings (SSSR count). The van der Waals surface area contributed by atoms with E-state index in [9.17, 15) is 13.6 Å². The zero-order valence-corrected chi connectivity index (χ0v) is 16.8. The summed E-state index contributed by atoms with van der Waals surface area (Å²) in [7, 11) is 1.92. The molecular formula is C20H26F2N4OS. The second-order valence-corrected chi connectivity index (χ2v) is 9.13. The first-order valence-electron chi connectivity index (χ1n) is 9.93. The Hall–Kier alpha value is -1.67. The summed E-state index contributed by atoms with van der Waals surface area (Å²) in [4.78, 5) is 21.5. The lowest BCUT2D eigenvalue weighted by molar-refractivity contribution is 0.170. The maximum absolute atomic E-state index is 14.5. The van der Waals surface area contributed by atoms with Crippen LogP contribution in [0.4, 0.5) is 14.5 Å². The van der Waals surface area contributed by atoms with Gasteiger partial charge in [-0.3, -0.25) is 4.79 Å². The van der Waals surface area contributed by atoms with Crippen molar-refractivity contribution in [1.29, 1.82) is 0 Å². The average Bonchev–Trinajstić information content (AvgIpc) is 3.13. The largest absolute Gasteiger partial charge is 0.382 e. The van der Waals surface area contributed by atoms with Crippen LogP contribution in [0.5, 0.6) is 0 Å². The molecule has 0 unspecified atom stereocenters. The van der Waals surface area contributed by atoms with E-state index in [0.29, 0.717) is 35.4 Å². The molecule has 152 valence electrons. The highest BCUT2D eigenvalue weighted by Gasteiger charge is 2.28. The summed E-state index contributed by atoms with van der Waals surface area (Å²) in [5, 5.41) is 3.23. The van der Waals surface area contributed by atoms with Gasteiger partial charge in [-0.2, -0.15) is 0 Å². The molecule has 1 aliphatic heterocycles. The zero-order valence-electron chi connectivity index (χ0n) is 16.0. The van der Waals surface area contributed by atoms with Gasteiger partial charge in [-0.25, -0.2) is 13.8 Å². The van der Waals surface area contributed by atoms with E-state index in [-0.39, 0.29) is 10.6 Å². The highest BCUT2D eigenvalue weighted by molar-refractivity contribution is 7.99. The van der Waals surface area contributed by atoms with Crippen molar-refractivity contribution >= 4 is 28.4 Å². The van der Waals surface area contributed by atoms with Gasteiger partial charge in [0.15, 0.2) is 0 Å². The number of thioether (sulfide) groups is 1. The third-order valence-corrected chi connectivity index (χ3v) is 7.05. The van der Waals surface area contributed by atoms with E-state index in [4.69, 9.17) is 0 Å². The molecule has 1 saturated heterocycles. The topological polar surface area (TPSA) is 61.0 Å². The number of fused-ring (bicyclic) bond motifs is 1. The first-order valence-corrected chi connectivity index (χ1v) is 11.0. The van der Waals surface area contributed by atoms with Crippen LogP contribution in [0.15, 0.2) is 16.9 Å². The van der Waals surface area contributed by atoms with Crippen molar-refractivity contribution in [2.24, 2.45) is 0 Å². The summed E-state index contributed by atoms with van der Waals surface area (Å²) in [5.41, 5.74) is 0.526. The number of nitrogens with one attached hydrogen (secondary N) is 2.